The topological polar surface area (TPSA) is 12.0 Å². The second kappa shape index (κ2) is 7.28. The van der Waals surface area contributed by atoms with Crippen molar-refractivity contribution in [2.75, 3.05) is 13.1 Å². The van der Waals surface area contributed by atoms with Crippen LogP contribution in [0, 0.1) is 16.7 Å². The van der Waals surface area contributed by atoms with Crippen LogP contribution in [0.2, 0.25) is 0 Å². The summed E-state index contributed by atoms with van der Waals surface area (Å²) in [5.74, 6) is 0.902. The summed E-state index contributed by atoms with van der Waals surface area (Å²) in [5, 5.41) is 8.29. The van der Waals surface area contributed by atoms with Crippen LogP contribution in [-0.4, -0.2) is 13.1 Å². The Kier molecular flexibility index (Phi) is 5.90. The largest absolute Gasteiger partial charge is 0.316 e. The number of hydrogen-bond acceptors (Lipinski definition) is 2. The fourth-order valence-corrected chi connectivity index (χ4v) is 4.54. The molecule has 0 aromatic carbocycles. The third-order valence-electron chi connectivity index (χ3n) is 5.36. The fourth-order valence-electron chi connectivity index (χ4n) is 3.87. The maximum absolute atomic E-state index is 3.72. The van der Waals surface area contributed by atoms with Crippen molar-refractivity contribution >= 4 is 11.3 Å². The highest BCUT2D eigenvalue weighted by molar-refractivity contribution is 7.07. The summed E-state index contributed by atoms with van der Waals surface area (Å²) in [6, 6.07) is 2.32. The van der Waals surface area contributed by atoms with E-state index in [-0.39, 0.29) is 0 Å². The molecule has 0 amide bonds. The summed E-state index contributed by atoms with van der Waals surface area (Å²) in [4.78, 5) is 0. The Bertz CT molecular complexity index is 394. The number of hydrogen-bond donors (Lipinski definition) is 1. The Labute approximate surface area is 135 Å². The first kappa shape index (κ1) is 17.0. The van der Waals surface area contributed by atoms with E-state index in [4.69, 9.17) is 0 Å². The zero-order chi connectivity index (χ0) is 15.3. The summed E-state index contributed by atoms with van der Waals surface area (Å²) >= 11 is 1.84. The molecular weight excluding hydrogens is 274 g/mol. The fraction of sp³-hybridized carbons (Fsp3) is 0.789. The van der Waals surface area contributed by atoms with E-state index in [2.05, 4.69) is 49.8 Å². The highest BCUT2D eigenvalue weighted by Gasteiger charge is 2.38. The summed E-state index contributed by atoms with van der Waals surface area (Å²) in [6.45, 7) is 11.9. The van der Waals surface area contributed by atoms with Gasteiger partial charge in [0.25, 0.3) is 0 Å². The van der Waals surface area contributed by atoms with E-state index < -0.39 is 0 Å². The standard InChI is InChI=1S/C19H33NS/c1-5-11-20-15-19(13-16-8-12-21-14-16)9-6-17(7-10-19)18(2,3)4/h8,12,14,17,20H,5-7,9-11,13,15H2,1-4H3. The molecule has 0 aliphatic heterocycles. The Morgan fingerprint density at radius 1 is 1.29 bits per heavy atom. The van der Waals surface area contributed by atoms with E-state index in [9.17, 15) is 0 Å². The van der Waals surface area contributed by atoms with Gasteiger partial charge in [0, 0.05) is 6.54 Å². The number of rotatable bonds is 6. The van der Waals surface area contributed by atoms with Crippen LogP contribution >= 0.6 is 11.3 Å². The molecule has 0 radical (unpaired) electrons. The van der Waals surface area contributed by atoms with Gasteiger partial charge in [0.15, 0.2) is 0 Å². The summed E-state index contributed by atoms with van der Waals surface area (Å²) in [7, 11) is 0. The minimum atomic E-state index is 0.478. The SMILES string of the molecule is CCCNCC1(Cc2ccsc2)CCC(C(C)(C)C)CC1. The molecule has 1 aromatic heterocycles. The number of thiophene rings is 1. The van der Waals surface area contributed by atoms with Crippen molar-refractivity contribution in [1.82, 2.24) is 5.32 Å². The van der Waals surface area contributed by atoms with Crippen LogP contribution in [0.4, 0.5) is 0 Å². The lowest BCUT2D eigenvalue weighted by atomic mass is 9.62. The molecule has 2 rings (SSSR count). The molecule has 1 N–H and O–H groups in total. The maximum atomic E-state index is 3.72. The molecule has 1 aliphatic rings. The highest BCUT2D eigenvalue weighted by atomic mass is 32.1. The molecule has 120 valence electrons. The third kappa shape index (κ3) is 4.82. The van der Waals surface area contributed by atoms with Crippen molar-refractivity contribution in [2.24, 2.45) is 16.7 Å². The molecule has 0 spiro atoms. The lowest BCUT2D eigenvalue weighted by Crippen LogP contribution is -2.41. The third-order valence-corrected chi connectivity index (χ3v) is 6.09. The average molecular weight is 308 g/mol. The van der Waals surface area contributed by atoms with E-state index in [1.165, 1.54) is 45.1 Å². The second-order valence-electron chi connectivity index (χ2n) is 8.13. The van der Waals surface area contributed by atoms with Crippen LogP contribution in [0.5, 0.6) is 0 Å². The molecule has 1 saturated carbocycles. The molecule has 21 heavy (non-hydrogen) atoms. The molecule has 1 nitrogen and oxygen atoms in total. The smallest absolute Gasteiger partial charge is 0.00110 e. The molecule has 1 fully saturated rings. The van der Waals surface area contributed by atoms with E-state index in [0.29, 0.717) is 10.8 Å². The van der Waals surface area contributed by atoms with E-state index in [1.54, 1.807) is 5.56 Å². The first-order valence-corrected chi connectivity index (χ1v) is 9.61. The zero-order valence-electron chi connectivity index (χ0n) is 14.4. The van der Waals surface area contributed by atoms with Gasteiger partial charge >= 0.3 is 0 Å². The van der Waals surface area contributed by atoms with Gasteiger partial charge in [-0.3, -0.25) is 0 Å². The number of nitrogens with one attached hydrogen (secondary N) is 1. The molecular formula is C19H33NS. The van der Waals surface area contributed by atoms with Crippen LogP contribution in [0.15, 0.2) is 16.8 Å². The Hall–Kier alpha value is -0.340. The predicted molar refractivity (Wildman–Crippen MR) is 95.0 cm³/mol. The van der Waals surface area contributed by atoms with Gasteiger partial charge < -0.3 is 5.32 Å². The highest BCUT2D eigenvalue weighted by Crippen LogP contribution is 2.46. The first-order valence-electron chi connectivity index (χ1n) is 8.67. The molecule has 0 unspecified atom stereocenters. The van der Waals surface area contributed by atoms with E-state index in [0.717, 1.165) is 12.5 Å². The van der Waals surface area contributed by atoms with E-state index >= 15 is 0 Å². The van der Waals surface area contributed by atoms with E-state index in [1.807, 2.05) is 11.3 Å². The van der Waals surface area contributed by atoms with Gasteiger partial charge in [-0.2, -0.15) is 11.3 Å². The minimum Gasteiger partial charge on any atom is -0.316 e. The summed E-state index contributed by atoms with van der Waals surface area (Å²) in [6.07, 6.45) is 8.09. The van der Waals surface area contributed by atoms with Crippen molar-refractivity contribution in [3.8, 4) is 0 Å². The molecule has 1 aromatic rings. The monoisotopic (exact) mass is 307 g/mol. The zero-order valence-corrected chi connectivity index (χ0v) is 15.2. The van der Waals surface area contributed by atoms with Gasteiger partial charge in [0.1, 0.15) is 0 Å². The van der Waals surface area contributed by atoms with Crippen molar-refractivity contribution in [3.05, 3.63) is 22.4 Å². The Morgan fingerprint density at radius 3 is 2.52 bits per heavy atom. The van der Waals surface area contributed by atoms with Gasteiger partial charge in [0.2, 0.25) is 0 Å². The first-order chi connectivity index (χ1) is 9.95. The van der Waals surface area contributed by atoms with Crippen molar-refractivity contribution < 1.29 is 0 Å². The lowest BCUT2D eigenvalue weighted by Gasteiger charge is -2.44. The molecule has 2 heteroatoms. The van der Waals surface area contributed by atoms with Gasteiger partial charge in [-0.25, -0.2) is 0 Å². The summed E-state index contributed by atoms with van der Waals surface area (Å²) < 4.78 is 0. The van der Waals surface area contributed by atoms with Crippen LogP contribution in [0.3, 0.4) is 0 Å². The van der Waals surface area contributed by atoms with Crippen LogP contribution in [0.25, 0.3) is 0 Å². The second-order valence-corrected chi connectivity index (χ2v) is 8.91. The van der Waals surface area contributed by atoms with Gasteiger partial charge in [-0.05, 0) is 84.2 Å². The van der Waals surface area contributed by atoms with Crippen molar-refractivity contribution in [1.29, 1.82) is 0 Å². The summed E-state index contributed by atoms with van der Waals surface area (Å²) in [5.41, 5.74) is 2.52. The minimum absolute atomic E-state index is 0.478. The normalized spacial score (nSPS) is 27.0. The molecule has 1 aliphatic carbocycles. The van der Waals surface area contributed by atoms with Crippen molar-refractivity contribution in [2.45, 2.75) is 66.2 Å². The molecule has 0 atom stereocenters. The van der Waals surface area contributed by atoms with Gasteiger partial charge in [-0.15, -0.1) is 0 Å². The van der Waals surface area contributed by atoms with Gasteiger partial charge in [0.05, 0.1) is 0 Å². The Morgan fingerprint density at radius 2 is 2.00 bits per heavy atom. The molecule has 1 heterocycles. The lowest BCUT2D eigenvalue weighted by molar-refractivity contribution is 0.0864. The van der Waals surface area contributed by atoms with Crippen LogP contribution < -0.4 is 5.32 Å². The molecule has 0 saturated heterocycles. The predicted octanol–water partition coefficient (Wildman–Crippen LogP) is 5.51. The Balaban J connectivity index is 2.00. The maximum Gasteiger partial charge on any atom is 0.00110 e. The van der Waals surface area contributed by atoms with Crippen molar-refractivity contribution in [3.63, 3.8) is 0 Å². The van der Waals surface area contributed by atoms with Crippen LogP contribution in [0.1, 0.15) is 65.4 Å². The van der Waals surface area contributed by atoms with Gasteiger partial charge in [-0.1, -0.05) is 27.7 Å². The van der Waals surface area contributed by atoms with Crippen LogP contribution in [-0.2, 0) is 6.42 Å². The quantitative estimate of drug-likeness (QED) is 0.683. The average Bonchev–Trinajstić information content (AvgIpc) is 2.91. The molecule has 0 bridgehead atoms.